The maximum absolute atomic E-state index is 11.7. The zero-order valence-corrected chi connectivity index (χ0v) is 10.5. The summed E-state index contributed by atoms with van der Waals surface area (Å²) in [5.41, 5.74) is 1.88. The molecule has 1 amide bonds. The summed E-state index contributed by atoms with van der Waals surface area (Å²) >= 11 is 1.58. The molecule has 2 rings (SSSR count). The van der Waals surface area contributed by atoms with Crippen molar-refractivity contribution < 1.29 is 9.90 Å². The molecule has 0 saturated carbocycles. The van der Waals surface area contributed by atoms with Crippen LogP contribution in [0.25, 0.3) is 0 Å². The van der Waals surface area contributed by atoms with Gasteiger partial charge in [-0.3, -0.25) is 4.79 Å². The molecule has 0 fully saturated rings. The second kappa shape index (κ2) is 5.53. The molecule has 1 aromatic carbocycles. The van der Waals surface area contributed by atoms with Gasteiger partial charge in [-0.25, -0.2) is 0 Å². The first-order valence-corrected chi connectivity index (χ1v) is 6.66. The Morgan fingerprint density at radius 2 is 2.35 bits per heavy atom. The number of aliphatic hydroxyl groups is 1. The Hall–Kier alpha value is -1.04. The van der Waals surface area contributed by atoms with E-state index in [1.807, 2.05) is 25.1 Å². The average Bonchev–Trinajstić information content (AvgIpc) is 2.63. The number of aliphatic hydroxyl groups excluding tert-OH is 1. The van der Waals surface area contributed by atoms with Crippen molar-refractivity contribution in [3.8, 4) is 0 Å². The summed E-state index contributed by atoms with van der Waals surface area (Å²) in [4.78, 5) is 12.8. The predicted molar refractivity (Wildman–Crippen MR) is 69.3 cm³/mol. The second-order valence-corrected chi connectivity index (χ2v) is 4.97. The number of thioether (sulfide) groups is 1. The standard InChI is InChI=1S/C12H16N2O2S/c1-2-13-11-9-4-3-8(17-6-5-15)7-10(9)14-12(11)16/h3-4,7,11,13,15H,2,5-6H2,1H3,(H,14,16). The Morgan fingerprint density at radius 1 is 1.53 bits per heavy atom. The van der Waals surface area contributed by atoms with E-state index < -0.39 is 0 Å². The molecule has 1 aromatic rings. The number of carbonyl (C=O) groups is 1. The highest BCUT2D eigenvalue weighted by Crippen LogP contribution is 2.34. The van der Waals surface area contributed by atoms with Crippen LogP contribution < -0.4 is 10.6 Å². The van der Waals surface area contributed by atoms with Crippen LogP contribution >= 0.6 is 11.8 Å². The summed E-state index contributed by atoms with van der Waals surface area (Å²) in [6.07, 6.45) is 0. The van der Waals surface area contributed by atoms with Crippen LogP contribution in [0.4, 0.5) is 5.69 Å². The number of fused-ring (bicyclic) bond motifs is 1. The van der Waals surface area contributed by atoms with Gasteiger partial charge in [-0.1, -0.05) is 13.0 Å². The van der Waals surface area contributed by atoms with Crippen molar-refractivity contribution in [3.63, 3.8) is 0 Å². The lowest BCUT2D eigenvalue weighted by Crippen LogP contribution is -2.27. The molecule has 0 bridgehead atoms. The molecule has 3 N–H and O–H groups in total. The number of hydrogen-bond acceptors (Lipinski definition) is 4. The van der Waals surface area contributed by atoms with Crippen molar-refractivity contribution in [1.29, 1.82) is 0 Å². The maximum Gasteiger partial charge on any atom is 0.246 e. The zero-order valence-electron chi connectivity index (χ0n) is 9.69. The van der Waals surface area contributed by atoms with Gasteiger partial charge in [-0.05, 0) is 18.7 Å². The summed E-state index contributed by atoms with van der Waals surface area (Å²) in [6, 6.07) is 5.70. The third kappa shape index (κ3) is 2.62. The molecule has 1 aliphatic rings. The van der Waals surface area contributed by atoms with Crippen molar-refractivity contribution >= 4 is 23.4 Å². The fourth-order valence-electron chi connectivity index (χ4n) is 1.90. The number of hydrogen-bond donors (Lipinski definition) is 3. The first kappa shape index (κ1) is 12.4. The molecule has 0 aliphatic carbocycles. The topological polar surface area (TPSA) is 61.4 Å². The van der Waals surface area contributed by atoms with E-state index in [4.69, 9.17) is 5.11 Å². The van der Waals surface area contributed by atoms with Gasteiger partial charge in [0.05, 0.1) is 6.61 Å². The monoisotopic (exact) mass is 252 g/mol. The third-order valence-corrected chi connectivity index (χ3v) is 3.60. The molecule has 92 valence electrons. The summed E-state index contributed by atoms with van der Waals surface area (Å²) < 4.78 is 0. The van der Waals surface area contributed by atoms with Crippen LogP contribution in [-0.2, 0) is 4.79 Å². The molecule has 0 radical (unpaired) electrons. The molecule has 0 spiro atoms. The lowest BCUT2D eigenvalue weighted by molar-refractivity contribution is -0.117. The van der Waals surface area contributed by atoms with Gasteiger partial charge in [0.15, 0.2) is 0 Å². The lowest BCUT2D eigenvalue weighted by atomic mass is 10.1. The van der Waals surface area contributed by atoms with Gasteiger partial charge in [0, 0.05) is 21.9 Å². The number of benzene rings is 1. The van der Waals surface area contributed by atoms with Gasteiger partial charge < -0.3 is 15.7 Å². The quantitative estimate of drug-likeness (QED) is 0.693. The van der Waals surface area contributed by atoms with Crippen molar-refractivity contribution in [2.24, 2.45) is 0 Å². The van der Waals surface area contributed by atoms with E-state index in [1.165, 1.54) is 0 Å². The number of carbonyl (C=O) groups excluding carboxylic acids is 1. The van der Waals surface area contributed by atoms with E-state index in [9.17, 15) is 4.79 Å². The van der Waals surface area contributed by atoms with E-state index in [-0.39, 0.29) is 18.6 Å². The summed E-state index contributed by atoms with van der Waals surface area (Å²) in [5.74, 6) is 0.676. The van der Waals surface area contributed by atoms with Gasteiger partial charge in [-0.15, -0.1) is 11.8 Å². The van der Waals surface area contributed by atoms with Gasteiger partial charge in [0.2, 0.25) is 5.91 Å². The molecular formula is C12H16N2O2S. The first-order valence-electron chi connectivity index (χ1n) is 5.68. The minimum atomic E-state index is -0.230. The molecule has 1 unspecified atom stereocenters. The highest BCUT2D eigenvalue weighted by molar-refractivity contribution is 7.99. The number of amides is 1. The summed E-state index contributed by atoms with van der Waals surface area (Å²) in [5, 5.41) is 14.8. The molecule has 5 heteroatoms. The van der Waals surface area contributed by atoms with Crippen LogP contribution in [-0.4, -0.2) is 29.9 Å². The minimum absolute atomic E-state index is 0.00570. The highest BCUT2D eigenvalue weighted by atomic mass is 32.2. The van der Waals surface area contributed by atoms with Crippen molar-refractivity contribution in [2.45, 2.75) is 17.9 Å². The predicted octanol–water partition coefficient (Wildman–Crippen LogP) is 1.37. The van der Waals surface area contributed by atoms with Crippen molar-refractivity contribution in [2.75, 3.05) is 24.2 Å². The van der Waals surface area contributed by atoms with Crippen LogP contribution in [0.5, 0.6) is 0 Å². The molecule has 4 nitrogen and oxygen atoms in total. The molecule has 1 aliphatic heterocycles. The van der Waals surface area contributed by atoms with Crippen molar-refractivity contribution in [3.05, 3.63) is 23.8 Å². The maximum atomic E-state index is 11.7. The van der Waals surface area contributed by atoms with E-state index >= 15 is 0 Å². The lowest BCUT2D eigenvalue weighted by Gasteiger charge is -2.09. The van der Waals surface area contributed by atoms with Crippen LogP contribution in [0.1, 0.15) is 18.5 Å². The minimum Gasteiger partial charge on any atom is -0.396 e. The normalized spacial score (nSPS) is 18.0. The smallest absolute Gasteiger partial charge is 0.246 e. The summed E-state index contributed by atoms with van der Waals surface area (Å²) in [6.45, 7) is 2.91. The molecular weight excluding hydrogens is 236 g/mol. The molecule has 0 saturated heterocycles. The Kier molecular flexibility index (Phi) is 4.04. The third-order valence-electron chi connectivity index (χ3n) is 2.62. The SMILES string of the molecule is CCNC1C(=O)Nc2cc(SCCO)ccc21. The Balaban J connectivity index is 2.18. The van der Waals surface area contributed by atoms with Gasteiger partial charge in [0.1, 0.15) is 6.04 Å². The first-order chi connectivity index (χ1) is 8.26. The van der Waals surface area contributed by atoms with E-state index in [2.05, 4.69) is 10.6 Å². The van der Waals surface area contributed by atoms with Crippen LogP contribution in [0.2, 0.25) is 0 Å². The van der Waals surface area contributed by atoms with E-state index in [0.29, 0.717) is 5.75 Å². The Bertz CT molecular complexity index is 423. The number of nitrogens with one attached hydrogen (secondary N) is 2. The van der Waals surface area contributed by atoms with Crippen LogP contribution in [0, 0.1) is 0 Å². The average molecular weight is 252 g/mol. The second-order valence-electron chi connectivity index (χ2n) is 3.80. The van der Waals surface area contributed by atoms with Crippen molar-refractivity contribution in [1.82, 2.24) is 5.32 Å². The van der Waals surface area contributed by atoms with Crippen LogP contribution in [0.15, 0.2) is 23.1 Å². The molecule has 17 heavy (non-hydrogen) atoms. The number of anilines is 1. The fourth-order valence-corrected chi connectivity index (χ4v) is 2.59. The Morgan fingerprint density at radius 3 is 3.06 bits per heavy atom. The number of rotatable bonds is 5. The van der Waals surface area contributed by atoms with Gasteiger partial charge in [-0.2, -0.15) is 0 Å². The van der Waals surface area contributed by atoms with Gasteiger partial charge in [0.25, 0.3) is 0 Å². The fraction of sp³-hybridized carbons (Fsp3) is 0.417. The van der Waals surface area contributed by atoms with E-state index in [0.717, 1.165) is 22.7 Å². The zero-order chi connectivity index (χ0) is 12.3. The summed E-state index contributed by atoms with van der Waals surface area (Å²) in [7, 11) is 0. The molecule has 0 aromatic heterocycles. The largest absolute Gasteiger partial charge is 0.396 e. The number of likely N-dealkylation sites (N-methyl/N-ethyl adjacent to an activating group) is 1. The highest BCUT2D eigenvalue weighted by Gasteiger charge is 2.29. The van der Waals surface area contributed by atoms with Gasteiger partial charge >= 0.3 is 0 Å². The van der Waals surface area contributed by atoms with Crippen LogP contribution in [0.3, 0.4) is 0 Å². The molecule has 1 atom stereocenters. The Labute approximate surface area is 105 Å². The van der Waals surface area contributed by atoms with E-state index in [1.54, 1.807) is 11.8 Å². The molecule has 1 heterocycles.